The molecule has 1 saturated heterocycles. The summed E-state index contributed by atoms with van der Waals surface area (Å²) < 4.78 is 12.2. The Hall–Kier alpha value is -3.38. The number of methoxy groups -OCH3 is 1. The maximum absolute atomic E-state index is 12.5. The van der Waals surface area contributed by atoms with Crippen molar-refractivity contribution in [3.05, 3.63) is 89.5 Å². The van der Waals surface area contributed by atoms with Crippen LogP contribution in [0.1, 0.15) is 21.5 Å². The Morgan fingerprint density at radius 3 is 2.48 bits per heavy atom. The maximum Gasteiger partial charge on any atom is 0.338 e. The molecule has 0 N–H and O–H groups in total. The van der Waals surface area contributed by atoms with Crippen molar-refractivity contribution in [2.24, 2.45) is 0 Å². The first-order valence-electron chi connectivity index (χ1n) is 10.2. The van der Waals surface area contributed by atoms with Gasteiger partial charge < -0.3 is 14.4 Å². The fraction of sp³-hybridized carbons (Fsp3) is 0.200. The molecule has 0 spiro atoms. The Balaban J connectivity index is 1.17. The number of hydrogen-bond acceptors (Lipinski definition) is 6. The van der Waals surface area contributed by atoms with Crippen LogP contribution in [0.25, 0.3) is 10.2 Å². The van der Waals surface area contributed by atoms with Crippen LogP contribution in [0.4, 0.5) is 5.13 Å². The third-order valence-electron chi connectivity index (χ3n) is 5.42. The van der Waals surface area contributed by atoms with Crippen LogP contribution in [0, 0.1) is 0 Å². The zero-order chi connectivity index (χ0) is 21.2. The summed E-state index contributed by atoms with van der Waals surface area (Å²) >= 11 is 1.62. The molecule has 0 amide bonds. The minimum atomic E-state index is -0.276. The molecule has 5 rings (SSSR count). The van der Waals surface area contributed by atoms with Crippen LogP contribution in [0.2, 0.25) is 0 Å². The van der Waals surface area contributed by atoms with Gasteiger partial charge in [0.05, 0.1) is 30.5 Å². The molecule has 0 radical (unpaired) electrons. The average molecular weight is 431 g/mol. The molecule has 2 heterocycles. The first-order chi connectivity index (χ1) is 15.2. The van der Waals surface area contributed by atoms with Crippen molar-refractivity contribution >= 4 is 32.7 Å². The van der Waals surface area contributed by atoms with Crippen LogP contribution in [-0.4, -0.2) is 37.3 Å². The lowest BCUT2D eigenvalue weighted by Crippen LogP contribution is -2.53. The number of aromatic nitrogens is 1. The van der Waals surface area contributed by atoms with E-state index in [1.54, 1.807) is 18.4 Å². The number of thiazole rings is 1. The van der Waals surface area contributed by atoms with Crippen LogP contribution in [0.5, 0.6) is 5.75 Å². The molecule has 3 aromatic carbocycles. The van der Waals surface area contributed by atoms with Gasteiger partial charge in [0.25, 0.3) is 0 Å². The van der Waals surface area contributed by atoms with Crippen molar-refractivity contribution in [2.45, 2.75) is 12.5 Å². The van der Waals surface area contributed by atoms with E-state index in [1.165, 1.54) is 11.1 Å². The number of rotatable bonds is 6. The standard InChI is InChI=1S/C25H22N2O3S/c1-29-21-8-5-9-22-23(21)26-25(31-22)27-15-20(16-27)30-24(28)19-12-10-18(11-13-19)14-17-6-3-2-4-7-17/h2-13,20H,14-16H2,1H3. The summed E-state index contributed by atoms with van der Waals surface area (Å²) in [6.07, 6.45) is 0.728. The van der Waals surface area contributed by atoms with Crippen LogP contribution in [0.15, 0.2) is 72.8 Å². The predicted octanol–water partition coefficient (Wildman–Crippen LogP) is 4.94. The van der Waals surface area contributed by atoms with Gasteiger partial charge in [0.1, 0.15) is 17.4 Å². The Morgan fingerprint density at radius 1 is 1.00 bits per heavy atom. The molecule has 0 unspecified atom stereocenters. The van der Waals surface area contributed by atoms with E-state index in [4.69, 9.17) is 14.5 Å². The van der Waals surface area contributed by atoms with E-state index in [2.05, 4.69) is 17.0 Å². The van der Waals surface area contributed by atoms with E-state index in [1.807, 2.05) is 60.7 Å². The molecule has 1 aliphatic heterocycles. The minimum Gasteiger partial charge on any atom is -0.494 e. The molecule has 156 valence electrons. The topological polar surface area (TPSA) is 51.7 Å². The number of hydrogen-bond donors (Lipinski definition) is 0. The summed E-state index contributed by atoms with van der Waals surface area (Å²) in [4.78, 5) is 19.3. The van der Waals surface area contributed by atoms with Gasteiger partial charge in [0.15, 0.2) is 5.13 Å². The van der Waals surface area contributed by atoms with Gasteiger partial charge in [-0.25, -0.2) is 9.78 Å². The summed E-state index contributed by atoms with van der Waals surface area (Å²) in [5.41, 5.74) is 3.88. The highest BCUT2D eigenvalue weighted by Crippen LogP contribution is 2.36. The Bertz CT molecular complexity index is 1200. The number of carbonyl (C=O) groups excluding carboxylic acids is 1. The monoisotopic (exact) mass is 430 g/mol. The smallest absolute Gasteiger partial charge is 0.338 e. The Labute approximate surface area is 184 Å². The third-order valence-corrected chi connectivity index (χ3v) is 6.50. The lowest BCUT2D eigenvalue weighted by molar-refractivity contribution is 0.0234. The quantitative estimate of drug-likeness (QED) is 0.406. The molecule has 0 bridgehead atoms. The van der Waals surface area contributed by atoms with Crippen LogP contribution in [-0.2, 0) is 11.2 Å². The summed E-state index contributed by atoms with van der Waals surface area (Å²) in [5, 5.41) is 0.928. The molecule has 1 aliphatic rings. The highest BCUT2D eigenvalue weighted by atomic mass is 32.1. The number of esters is 1. The summed E-state index contributed by atoms with van der Waals surface area (Å²) in [7, 11) is 1.65. The summed E-state index contributed by atoms with van der Waals surface area (Å²) in [6, 6.07) is 23.9. The molecule has 1 fully saturated rings. The number of nitrogens with zero attached hydrogens (tertiary/aromatic N) is 2. The SMILES string of the molecule is COc1cccc2sc(N3CC(OC(=O)c4ccc(Cc5ccccc5)cc4)C3)nc12. The average Bonchev–Trinajstić information content (AvgIpc) is 3.20. The molecule has 1 aromatic heterocycles. The first kappa shape index (κ1) is 19.6. The minimum absolute atomic E-state index is 0.120. The zero-order valence-corrected chi connectivity index (χ0v) is 18.0. The van der Waals surface area contributed by atoms with Crippen molar-refractivity contribution < 1.29 is 14.3 Å². The van der Waals surface area contributed by atoms with Crippen molar-refractivity contribution in [1.29, 1.82) is 0 Å². The van der Waals surface area contributed by atoms with E-state index in [-0.39, 0.29) is 12.1 Å². The van der Waals surface area contributed by atoms with Crippen molar-refractivity contribution in [3.63, 3.8) is 0 Å². The highest BCUT2D eigenvalue weighted by Gasteiger charge is 2.32. The number of fused-ring (bicyclic) bond motifs is 1. The molecule has 4 aromatic rings. The van der Waals surface area contributed by atoms with Gasteiger partial charge in [-0.05, 0) is 41.8 Å². The highest BCUT2D eigenvalue weighted by molar-refractivity contribution is 7.22. The molecule has 5 nitrogen and oxygen atoms in total. The van der Waals surface area contributed by atoms with E-state index in [0.717, 1.165) is 27.5 Å². The second kappa shape index (κ2) is 8.40. The largest absolute Gasteiger partial charge is 0.494 e. The number of benzene rings is 3. The molecule has 31 heavy (non-hydrogen) atoms. The van der Waals surface area contributed by atoms with E-state index in [9.17, 15) is 4.79 Å². The van der Waals surface area contributed by atoms with E-state index < -0.39 is 0 Å². The van der Waals surface area contributed by atoms with E-state index >= 15 is 0 Å². The van der Waals surface area contributed by atoms with Crippen LogP contribution >= 0.6 is 11.3 Å². The first-order valence-corrected chi connectivity index (χ1v) is 11.0. The lowest BCUT2D eigenvalue weighted by Gasteiger charge is -2.38. The summed E-state index contributed by atoms with van der Waals surface area (Å²) in [6.45, 7) is 1.31. The van der Waals surface area contributed by atoms with Crippen molar-refractivity contribution in [2.75, 3.05) is 25.1 Å². The molecule has 0 saturated carbocycles. The molecule has 0 atom stereocenters. The molecular weight excluding hydrogens is 408 g/mol. The van der Waals surface area contributed by atoms with Gasteiger partial charge >= 0.3 is 5.97 Å². The van der Waals surface area contributed by atoms with Crippen molar-refractivity contribution in [3.8, 4) is 5.75 Å². The van der Waals surface area contributed by atoms with Crippen molar-refractivity contribution in [1.82, 2.24) is 4.98 Å². The van der Waals surface area contributed by atoms with Gasteiger partial charge in [-0.2, -0.15) is 0 Å². The number of anilines is 1. The zero-order valence-electron chi connectivity index (χ0n) is 17.2. The maximum atomic E-state index is 12.5. The van der Waals surface area contributed by atoms with Crippen LogP contribution in [0.3, 0.4) is 0 Å². The lowest BCUT2D eigenvalue weighted by atomic mass is 10.0. The van der Waals surface area contributed by atoms with E-state index in [0.29, 0.717) is 18.7 Å². The second-order valence-electron chi connectivity index (χ2n) is 7.60. The van der Waals surface area contributed by atoms with Crippen LogP contribution < -0.4 is 9.64 Å². The number of carbonyl (C=O) groups is 1. The normalized spacial score (nSPS) is 13.8. The second-order valence-corrected chi connectivity index (χ2v) is 8.60. The number of para-hydroxylation sites is 1. The Kier molecular flexibility index (Phi) is 5.30. The van der Waals surface area contributed by atoms with Gasteiger partial charge in [-0.3, -0.25) is 0 Å². The molecule has 0 aliphatic carbocycles. The van der Waals surface area contributed by atoms with Gasteiger partial charge in [-0.15, -0.1) is 0 Å². The van der Waals surface area contributed by atoms with Gasteiger partial charge in [0.2, 0.25) is 0 Å². The number of ether oxygens (including phenoxy) is 2. The summed E-state index contributed by atoms with van der Waals surface area (Å²) in [5.74, 6) is 0.501. The van der Waals surface area contributed by atoms with Gasteiger partial charge in [0, 0.05) is 0 Å². The predicted molar refractivity (Wildman–Crippen MR) is 123 cm³/mol. The van der Waals surface area contributed by atoms with Gasteiger partial charge in [-0.1, -0.05) is 59.9 Å². The Morgan fingerprint density at radius 2 is 1.74 bits per heavy atom. The fourth-order valence-corrected chi connectivity index (χ4v) is 4.69. The third kappa shape index (κ3) is 4.11. The molecule has 6 heteroatoms. The fourth-order valence-electron chi connectivity index (χ4n) is 3.69. The molecular formula is C25H22N2O3S.